The molecule has 4 N–H and O–H groups in total. The highest BCUT2D eigenvalue weighted by Crippen LogP contribution is 2.54. The second-order valence-electron chi connectivity index (χ2n) is 12.6. The Labute approximate surface area is 232 Å². The Morgan fingerprint density at radius 3 is 1.74 bits per heavy atom. The highest BCUT2D eigenvalue weighted by Gasteiger charge is 2.52. The summed E-state index contributed by atoms with van der Waals surface area (Å²) >= 11 is 0. The minimum atomic E-state index is -0.539. The monoisotopic (exact) mass is 545 g/mol. The molecule has 4 fully saturated rings. The van der Waals surface area contributed by atoms with Crippen LogP contribution in [0, 0.1) is 10.8 Å². The molecule has 2 spiro atoms. The van der Waals surface area contributed by atoms with E-state index in [0.717, 1.165) is 57.2 Å². The first-order valence-electron chi connectivity index (χ1n) is 14.9. The number of benzene rings is 1. The SMILES string of the molecule is O=C(OCc1ccccc1)N([C@H](CO)CCN1CCC2(CC2)[C@H](O)C1)[C@H](CO)CCN1CCC2(CC2)[C@H](O)C1. The quantitative estimate of drug-likeness (QED) is 0.314. The van der Waals surface area contributed by atoms with Crippen LogP contribution in [-0.2, 0) is 11.3 Å². The Balaban J connectivity index is 1.22. The number of ether oxygens (including phenoxy) is 1. The molecule has 2 heterocycles. The smallest absolute Gasteiger partial charge is 0.410 e. The molecule has 9 heteroatoms. The van der Waals surface area contributed by atoms with Crippen LogP contribution in [0.3, 0.4) is 0 Å². The predicted octanol–water partition coefficient (Wildman–Crippen LogP) is 1.82. The van der Waals surface area contributed by atoms with Crippen molar-refractivity contribution >= 4 is 6.09 Å². The molecule has 0 bridgehead atoms. The number of amides is 1. The van der Waals surface area contributed by atoms with E-state index in [0.29, 0.717) is 39.0 Å². The van der Waals surface area contributed by atoms with Gasteiger partial charge in [0.15, 0.2) is 0 Å². The van der Waals surface area contributed by atoms with Crippen molar-refractivity contribution in [2.24, 2.45) is 10.8 Å². The third-order valence-electron chi connectivity index (χ3n) is 10.1. The molecule has 9 nitrogen and oxygen atoms in total. The number of aliphatic hydroxyl groups is 4. The van der Waals surface area contributed by atoms with Crippen LogP contribution in [0.5, 0.6) is 0 Å². The van der Waals surface area contributed by atoms with E-state index in [4.69, 9.17) is 4.74 Å². The topological polar surface area (TPSA) is 117 Å². The lowest BCUT2D eigenvalue weighted by atomic mass is 9.90. The van der Waals surface area contributed by atoms with Gasteiger partial charge in [0.2, 0.25) is 0 Å². The molecule has 1 aromatic rings. The minimum Gasteiger partial charge on any atom is -0.445 e. The van der Waals surface area contributed by atoms with Crippen LogP contribution >= 0.6 is 0 Å². The van der Waals surface area contributed by atoms with Crippen LogP contribution in [0.2, 0.25) is 0 Å². The Morgan fingerprint density at radius 2 is 1.33 bits per heavy atom. The lowest BCUT2D eigenvalue weighted by Crippen LogP contribution is -2.54. The number of β-amino-alcohol motifs (C(OH)–C–C–N with tert-alkyl or cyclic N) is 2. The van der Waals surface area contributed by atoms with Gasteiger partial charge in [-0.15, -0.1) is 0 Å². The van der Waals surface area contributed by atoms with Crippen molar-refractivity contribution in [1.82, 2.24) is 14.7 Å². The largest absolute Gasteiger partial charge is 0.445 e. The Kier molecular flexibility index (Phi) is 9.15. The summed E-state index contributed by atoms with van der Waals surface area (Å²) in [6.45, 7) is 4.03. The molecular weight excluding hydrogens is 498 g/mol. The predicted molar refractivity (Wildman–Crippen MR) is 147 cm³/mol. The van der Waals surface area contributed by atoms with Crippen molar-refractivity contribution in [2.45, 2.75) is 82.3 Å². The minimum absolute atomic E-state index is 0.118. The van der Waals surface area contributed by atoms with Gasteiger partial charge in [-0.2, -0.15) is 0 Å². The van der Waals surface area contributed by atoms with Crippen LogP contribution in [0.25, 0.3) is 0 Å². The number of carbonyl (C=O) groups excluding carboxylic acids is 1. The molecule has 2 saturated heterocycles. The molecule has 4 aliphatic rings. The normalized spacial score (nSPS) is 27.3. The summed E-state index contributed by atoms with van der Waals surface area (Å²) in [4.78, 5) is 19.5. The zero-order chi connectivity index (χ0) is 27.5. The molecular formula is C30H47N3O6. The summed E-state index contributed by atoms with van der Waals surface area (Å²) in [6, 6.07) is 8.46. The van der Waals surface area contributed by atoms with Gasteiger partial charge in [-0.25, -0.2) is 4.79 Å². The average molecular weight is 546 g/mol. The van der Waals surface area contributed by atoms with E-state index in [1.807, 2.05) is 30.3 Å². The summed E-state index contributed by atoms with van der Waals surface area (Å²) in [6.07, 6.45) is 6.29. The van der Waals surface area contributed by atoms with E-state index in [2.05, 4.69) is 9.80 Å². The first-order chi connectivity index (χ1) is 18.9. The number of aliphatic hydroxyl groups excluding tert-OH is 4. The molecule has 39 heavy (non-hydrogen) atoms. The highest BCUT2D eigenvalue weighted by atomic mass is 16.6. The molecule has 0 radical (unpaired) electrons. The van der Waals surface area contributed by atoms with Crippen LogP contribution in [-0.4, -0.2) is 118 Å². The van der Waals surface area contributed by atoms with E-state index in [-0.39, 0.29) is 42.9 Å². The first-order valence-corrected chi connectivity index (χ1v) is 14.9. The second kappa shape index (κ2) is 12.4. The maximum absolute atomic E-state index is 13.5. The van der Waals surface area contributed by atoms with E-state index < -0.39 is 18.2 Å². The lowest BCUT2D eigenvalue weighted by Gasteiger charge is -2.40. The van der Waals surface area contributed by atoms with Crippen molar-refractivity contribution in [1.29, 1.82) is 0 Å². The molecule has 2 aliphatic carbocycles. The Morgan fingerprint density at radius 1 is 0.846 bits per heavy atom. The van der Waals surface area contributed by atoms with Gasteiger partial charge in [-0.05, 0) is 80.8 Å². The number of piperidine rings is 2. The summed E-state index contributed by atoms with van der Waals surface area (Å²) in [5.41, 5.74) is 1.13. The third-order valence-corrected chi connectivity index (χ3v) is 10.1. The van der Waals surface area contributed by atoms with E-state index in [1.54, 1.807) is 4.90 Å². The summed E-state index contributed by atoms with van der Waals surface area (Å²) in [7, 11) is 0. The zero-order valence-electron chi connectivity index (χ0n) is 23.2. The van der Waals surface area contributed by atoms with Gasteiger partial charge in [0.05, 0.1) is 37.5 Å². The van der Waals surface area contributed by atoms with Crippen molar-refractivity contribution in [3.05, 3.63) is 35.9 Å². The summed E-state index contributed by atoms with van der Waals surface area (Å²) in [5, 5.41) is 42.1. The molecule has 2 saturated carbocycles. The van der Waals surface area contributed by atoms with Crippen molar-refractivity contribution in [3.63, 3.8) is 0 Å². The molecule has 0 unspecified atom stereocenters. The fourth-order valence-electron chi connectivity index (χ4n) is 6.74. The van der Waals surface area contributed by atoms with Crippen LogP contribution in [0.1, 0.15) is 56.9 Å². The Hall–Kier alpha value is -1.75. The van der Waals surface area contributed by atoms with Crippen LogP contribution < -0.4 is 0 Å². The number of likely N-dealkylation sites (tertiary alicyclic amines) is 2. The van der Waals surface area contributed by atoms with Crippen molar-refractivity contribution < 1.29 is 30.0 Å². The van der Waals surface area contributed by atoms with E-state index >= 15 is 0 Å². The van der Waals surface area contributed by atoms with Gasteiger partial charge in [-0.1, -0.05) is 30.3 Å². The van der Waals surface area contributed by atoms with Gasteiger partial charge in [0.1, 0.15) is 6.61 Å². The third kappa shape index (κ3) is 6.77. The van der Waals surface area contributed by atoms with E-state index in [1.165, 1.54) is 0 Å². The molecule has 5 rings (SSSR count). The molecule has 1 amide bonds. The van der Waals surface area contributed by atoms with Gasteiger partial charge in [0, 0.05) is 26.2 Å². The van der Waals surface area contributed by atoms with Crippen LogP contribution in [0.4, 0.5) is 4.79 Å². The van der Waals surface area contributed by atoms with Gasteiger partial charge in [-0.3, -0.25) is 4.90 Å². The molecule has 2 aliphatic heterocycles. The maximum atomic E-state index is 13.5. The molecule has 4 atom stereocenters. The lowest BCUT2D eigenvalue weighted by molar-refractivity contribution is -0.0104. The average Bonchev–Trinajstić information content (AvgIpc) is 3.89. The first kappa shape index (κ1) is 28.8. The number of carbonyl (C=O) groups is 1. The fraction of sp³-hybridized carbons (Fsp3) is 0.767. The zero-order valence-corrected chi connectivity index (χ0v) is 23.2. The fourth-order valence-corrected chi connectivity index (χ4v) is 6.74. The van der Waals surface area contributed by atoms with Gasteiger partial charge >= 0.3 is 6.09 Å². The molecule has 0 aromatic heterocycles. The molecule has 218 valence electrons. The molecule has 1 aromatic carbocycles. The van der Waals surface area contributed by atoms with E-state index in [9.17, 15) is 25.2 Å². The van der Waals surface area contributed by atoms with Gasteiger partial charge in [0.25, 0.3) is 0 Å². The number of hydrogen-bond acceptors (Lipinski definition) is 8. The van der Waals surface area contributed by atoms with Crippen molar-refractivity contribution in [3.8, 4) is 0 Å². The highest BCUT2D eigenvalue weighted by molar-refractivity contribution is 5.68. The van der Waals surface area contributed by atoms with Gasteiger partial charge < -0.3 is 35.0 Å². The Bertz CT molecular complexity index is 892. The van der Waals surface area contributed by atoms with Crippen molar-refractivity contribution in [2.75, 3.05) is 52.5 Å². The number of rotatable bonds is 12. The second-order valence-corrected chi connectivity index (χ2v) is 12.6. The maximum Gasteiger partial charge on any atom is 0.410 e. The number of hydrogen-bond donors (Lipinski definition) is 4. The summed E-state index contributed by atoms with van der Waals surface area (Å²) in [5.74, 6) is 0. The van der Waals surface area contributed by atoms with Crippen LogP contribution in [0.15, 0.2) is 30.3 Å². The standard InChI is InChI=1S/C30H47N3O6/c34-20-24(6-14-31-16-12-29(8-9-29)26(36)18-31)33(28(38)39-22-23-4-2-1-3-5-23)25(21-35)7-15-32-17-13-30(10-11-30)27(37)19-32/h1-5,24-27,34-37H,6-22H2/t24-,25-,26+,27+/m0/s1. The summed E-state index contributed by atoms with van der Waals surface area (Å²) < 4.78 is 5.70. The number of nitrogens with zero attached hydrogens (tertiary/aromatic N) is 3.